The first-order valence-corrected chi connectivity index (χ1v) is 9.81. The molecule has 130 valence electrons. The van der Waals surface area contributed by atoms with Crippen LogP contribution in [0.4, 0.5) is 4.79 Å². The summed E-state index contributed by atoms with van der Waals surface area (Å²) in [5.41, 5.74) is 5.57. The highest BCUT2D eigenvalue weighted by Gasteiger charge is 2.22. The minimum Gasteiger partial charge on any atom is -0.351 e. The second kappa shape index (κ2) is 12.8. The lowest BCUT2D eigenvalue weighted by molar-refractivity contribution is 0.162. The van der Waals surface area contributed by atoms with Crippen LogP contribution in [-0.4, -0.2) is 23.5 Å². The fraction of sp³-hybridized carbons (Fsp3) is 0.947. The van der Waals surface area contributed by atoms with Gasteiger partial charge >= 0.3 is 6.03 Å². The maximum absolute atomic E-state index is 11.6. The van der Waals surface area contributed by atoms with Crippen LogP contribution in [0.2, 0.25) is 0 Å². The van der Waals surface area contributed by atoms with Crippen molar-refractivity contribution in [2.75, 3.05) is 6.54 Å². The number of hydrogen-bond acceptors (Lipinski definition) is 1. The molecular formula is C19H38N2O. The van der Waals surface area contributed by atoms with E-state index in [1.54, 1.807) is 0 Å². The molecule has 1 aliphatic carbocycles. The maximum Gasteiger partial charge on any atom is 0.315 e. The number of rotatable bonds is 12. The van der Waals surface area contributed by atoms with Gasteiger partial charge in [-0.25, -0.2) is 4.79 Å². The summed E-state index contributed by atoms with van der Waals surface area (Å²) in [7, 11) is 0. The lowest BCUT2D eigenvalue weighted by Crippen LogP contribution is -2.45. The molecule has 0 radical (unpaired) electrons. The monoisotopic (exact) mass is 310 g/mol. The standard InChI is InChI=1S/C19H38N2O/c1-2-3-4-5-6-7-8-9-10-14-17-21(19(20)22)18-15-12-11-13-16-18/h18H,2-17H2,1H3,(H2,20,22). The van der Waals surface area contributed by atoms with Crippen LogP contribution in [0.15, 0.2) is 0 Å². The molecule has 0 aromatic carbocycles. The van der Waals surface area contributed by atoms with E-state index in [0.29, 0.717) is 6.04 Å². The molecule has 0 saturated heterocycles. The van der Waals surface area contributed by atoms with E-state index >= 15 is 0 Å². The highest BCUT2D eigenvalue weighted by Crippen LogP contribution is 2.23. The minimum absolute atomic E-state index is 0.206. The van der Waals surface area contributed by atoms with E-state index in [9.17, 15) is 4.79 Å². The molecule has 0 aromatic rings. The molecule has 0 aliphatic heterocycles. The number of carbonyl (C=O) groups excluding carboxylic acids is 1. The van der Waals surface area contributed by atoms with E-state index in [0.717, 1.165) is 25.8 Å². The largest absolute Gasteiger partial charge is 0.351 e. The van der Waals surface area contributed by atoms with Crippen molar-refractivity contribution in [1.29, 1.82) is 0 Å². The molecule has 22 heavy (non-hydrogen) atoms. The first-order valence-electron chi connectivity index (χ1n) is 9.81. The highest BCUT2D eigenvalue weighted by atomic mass is 16.2. The first kappa shape index (κ1) is 19.3. The van der Waals surface area contributed by atoms with E-state index in [-0.39, 0.29) is 6.03 Å². The van der Waals surface area contributed by atoms with Crippen molar-refractivity contribution in [2.24, 2.45) is 5.73 Å². The predicted octanol–water partition coefficient (Wildman–Crippen LogP) is 5.62. The Bertz CT molecular complexity index is 275. The fourth-order valence-electron chi connectivity index (χ4n) is 3.64. The molecule has 1 fully saturated rings. The van der Waals surface area contributed by atoms with Crippen LogP contribution in [0.1, 0.15) is 103 Å². The van der Waals surface area contributed by atoms with E-state index in [1.165, 1.54) is 77.0 Å². The number of hydrogen-bond donors (Lipinski definition) is 1. The lowest BCUT2D eigenvalue weighted by Gasteiger charge is -2.33. The fourth-order valence-corrected chi connectivity index (χ4v) is 3.64. The SMILES string of the molecule is CCCCCCCCCCCCN(C(N)=O)C1CCCCC1. The van der Waals surface area contributed by atoms with Gasteiger partial charge in [0.2, 0.25) is 0 Å². The van der Waals surface area contributed by atoms with Gasteiger partial charge in [-0.2, -0.15) is 0 Å². The summed E-state index contributed by atoms with van der Waals surface area (Å²) >= 11 is 0. The van der Waals surface area contributed by atoms with Gasteiger partial charge in [-0.1, -0.05) is 84.0 Å². The van der Waals surface area contributed by atoms with Gasteiger partial charge in [0.05, 0.1) is 0 Å². The van der Waals surface area contributed by atoms with Crippen LogP contribution in [-0.2, 0) is 0 Å². The van der Waals surface area contributed by atoms with Crippen molar-refractivity contribution in [3.63, 3.8) is 0 Å². The summed E-state index contributed by atoms with van der Waals surface area (Å²) in [5.74, 6) is 0. The lowest BCUT2D eigenvalue weighted by atomic mass is 9.94. The van der Waals surface area contributed by atoms with Crippen molar-refractivity contribution in [2.45, 2.75) is 109 Å². The first-order chi connectivity index (χ1) is 10.8. The normalized spacial score (nSPS) is 15.9. The molecule has 3 nitrogen and oxygen atoms in total. The summed E-state index contributed by atoms with van der Waals surface area (Å²) in [5, 5.41) is 0. The third kappa shape index (κ3) is 8.65. The number of amides is 2. The van der Waals surface area contributed by atoms with Crippen molar-refractivity contribution in [1.82, 2.24) is 4.90 Å². The van der Waals surface area contributed by atoms with Crippen molar-refractivity contribution in [3.05, 3.63) is 0 Å². The molecule has 1 saturated carbocycles. The van der Waals surface area contributed by atoms with E-state index in [4.69, 9.17) is 5.73 Å². The molecule has 0 spiro atoms. The molecule has 3 heteroatoms. The second-order valence-electron chi connectivity index (χ2n) is 7.01. The Balaban J connectivity index is 2.00. The zero-order chi connectivity index (χ0) is 16.0. The van der Waals surface area contributed by atoms with Crippen molar-refractivity contribution in [3.8, 4) is 0 Å². The van der Waals surface area contributed by atoms with Gasteiger partial charge in [0.15, 0.2) is 0 Å². The van der Waals surface area contributed by atoms with Gasteiger partial charge in [0.1, 0.15) is 0 Å². The van der Waals surface area contributed by atoms with Crippen molar-refractivity contribution < 1.29 is 4.79 Å². The summed E-state index contributed by atoms with van der Waals surface area (Å²) in [6, 6.07) is 0.215. The molecule has 2 amide bonds. The van der Waals surface area contributed by atoms with E-state index in [1.807, 2.05) is 4.90 Å². The number of unbranched alkanes of at least 4 members (excludes halogenated alkanes) is 9. The van der Waals surface area contributed by atoms with Gasteiger partial charge in [-0.05, 0) is 19.3 Å². The Morgan fingerprint density at radius 3 is 1.86 bits per heavy atom. The number of urea groups is 1. The average Bonchev–Trinajstić information content (AvgIpc) is 2.53. The number of nitrogens with two attached hydrogens (primary N) is 1. The van der Waals surface area contributed by atoms with Crippen LogP contribution in [0, 0.1) is 0 Å². The topological polar surface area (TPSA) is 46.3 Å². The molecular weight excluding hydrogens is 272 g/mol. The van der Waals surface area contributed by atoms with Gasteiger partial charge in [0.25, 0.3) is 0 Å². The van der Waals surface area contributed by atoms with Gasteiger partial charge in [-0.15, -0.1) is 0 Å². The molecule has 0 heterocycles. The molecule has 0 aromatic heterocycles. The summed E-state index contributed by atoms with van der Waals surface area (Å²) < 4.78 is 0. The Hall–Kier alpha value is -0.730. The van der Waals surface area contributed by atoms with Crippen LogP contribution < -0.4 is 5.73 Å². The van der Waals surface area contributed by atoms with Gasteiger partial charge in [-0.3, -0.25) is 0 Å². The third-order valence-electron chi connectivity index (χ3n) is 5.05. The smallest absolute Gasteiger partial charge is 0.315 e. The Labute approximate surface area is 138 Å². The molecule has 0 unspecified atom stereocenters. The van der Waals surface area contributed by atoms with Crippen molar-refractivity contribution >= 4 is 6.03 Å². The Morgan fingerprint density at radius 2 is 1.36 bits per heavy atom. The minimum atomic E-state index is -0.206. The predicted molar refractivity (Wildman–Crippen MR) is 95.0 cm³/mol. The van der Waals surface area contributed by atoms with Gasteiger partial charge in [0, 0.05) is 12.6 Å². The van der Waals surface area contributed by atoms with Gasteiger partial charge < -0.3 is 10.6 Å². The Morgan fingerprint density at radius 1 is 0.864 bits per heavy atom. The molecule has 1 aliphatic rings. The number of primary amides is 1. The highest BCUT2D eigenvalue weighted by molar-refractivity contribution is 5.72. The second-order valence-corrected chi connectivity index (χ2v) is 7.01. The molecule has 0 bridgehead atoms. The zero-order valence-electron chi connectivity index (χ0n) is 14.8. The molecule has 0 atom stereocenters. The summed E-state index contributed by atoms with van der Waals surface area (Å²) in [4.78, 5) is 13.6. The zero-order valence-corrected chi connectivity index (χ0v) is 14.8. The summed E-state index contributed by atoms with van der Waals surface area (Å²) in [6.45, 7) is 3.14. The van der Waals surface area contributed by atoms with Crippen LogP contribution in [0.25, 0.3) is 0 Å². The molecule has 1 rings (SSSR count). The maximum atomic E-state index is 11.6. The summed E-state index contributed by atoms with van der Waals surface area (Å²) in [6.07, 6.45) is 19.5. The van der Waals surface area contributed by atoms with Crippen LogP contribution >= 0.6 is 0 Å². The van der Waals surface area contributed by atoms with E-state index in [2.05, 4.69) is 6.92 Å². The number of nitrogens with zero attached hydrogens (tertiary/aromatic N) is 1. The van der Waals surface area contributed by atoms with E-state index < -0.39 is 0 Å². The van der Waals surface area contributed by atoms with Crippen LogP contribution in [0.3, 0.4) is 0 Å². The Kier molecular flexibility index (Phi) is 11.2. The number of carbonyl (C=O) groups is 1. The average molecular weight is 311 g/mol. The quantitative estimate of drug-likeness (QED) is 0.467. The van der Waals surface area contributed by atoms with Crippen LogP contribution in [0.5, 0.6) is 0 Å². The molecule has 2 N–H and O–H groups in total. The third-order valence-corrected chi connectivity index (χ3v) is 5.05.